The van der Waals surface area contributed by atoms with Gasteiger partial charge in [-0.1, -0.05) is 54.6 Å². The summed E-state index contributed by atoms with van der Waals surface area (Å²) in [7, 11) is 1.21. The van der Waals surface area contributed by atoms with Gasteiger partial charge in [0.05, 0.1) is 13.2 Å². The second-order valence-corrected chi connectivity index (χ2v) is 7.74. The molecule has 0 spiro atoms. The summed E-state index contributed by atoms with van der Waals surface area (Å²) in [4.78, 5) is 28.0. The number of rotatable bonds is 8. The second kappa shape index (κ2) is 10.8. The van der Waals surface area contributed by atoms with Gasteiger partial charge in [-0.05, 0) is 37.1 Å². The number of esters is 1. The third-order valence-corrected chi connectivity index (χ3v) is 5.29. The minimum atomic E-state index is -1.08. The zero-order valence-corrected chi connectivity index (χ0v) is 18.8. The van der Waals surface area contributed by atoms with E-state index >= 15 is 0 Å². The van der Waals surface area contributed by atoms with Gasteiger partial charge >= 0.3 is 5.97 Å². The van der Waals surface area contributed by atoms with E-state index < -0.39 is 17.9 Å². The highest BCUT2D eigenvalue weighted by molar-refractivity contribution is 5.96. The van der Waals surface area contributed by atoms with Crippen LogP contribution in [0.1, 0.15) is 29.8 Å². The van der Waals surface area contributed by atoms with E-state index in [2.05, 4.69) is 4.74 Å². The lowest BCUT2D eigenvalue weighted by Crippen LogP contribution is -2.15. The molecule has 1 atom stereocenters. The average molecular weight is 448 g/mol. The third kappa shape index (κ3) is 5.99. The number of halogens is 1. The van der Waals surface area contributed by atoms with Gasteiger partial charge in [-0.2, -0.15) is 0 Å². The number of hydrogen-bond acceptors (Lipinski definition) is 5. The molecule has 33 heavy (non-hydrogen) atoms. The van der Waals surface area contributed by atoms with Gasteiger partial charge in [-0.25, -0.2) is 4.39 Å². The zero-order chi connectivity index (χ0) is 24.0. The monoisotopic (exact) mass is 447 g/mol. The number of benzene rings is 2. The molecule has 0 aliphatic rings. The van der Waals surface area contributed by atoms with E-state index in [1.54, 1.807) is 18.2 Å². The average Bonchev–Trinajstić information content (AvgIpc) is 2.79. The van der Waals surface area contributed by atoms with Crippen LogP contribution in [0.5, 0.6) is 0 Å². The number of aryl methyl sites for hydroxylation is 2. The van der Waals surface area contributed by atoms with E-state index in [0.717, 1.165) is 39.2 Å². The number of ketones is 1. The summed E-state index contributed by atoms with van der Waals surface area (Å²) in [5, 5.41) is 10.4. The smallest absolute Gasteiger partial charge is 0.313 e. The number of Topliss-reactive ketones (excluding diaryl/α,β-unsaturated/α-hetero) is 1. The van der Waals surface area contributed by atoms with E-state index in [-0.39, 0.29) is 18.7 Å². The maximum absolute atomic E-state index is 13.7. The van der Waals surface area contributed by atoms with E-state index in [0.29, 0.717) is 0 Å². The van der Waals surface area contributed by atoms with Crippen molar-refractivity contribution in [2.24, 2.45) is 0 Å². The summed E-state index contributed by atoms with van der Waals surface area (Å²) in [5.74, 6) is -1.39. The molecule has 0 bridgehead atoms. The van der Waals surface area contributed by atoms with Crippen LogP contribution in [0.3, 0.4) is 0 Å². The Kier molecular flexibility index (Phi) is 7.85. The number of aliphatic hydroxyl groups is 1. The Morgan fingerprint density at radius 1 is 1.00 bits per heavy atom. The number of methoxy groups -OCH3 is 1. The first-order chi connectivity index (χ1) is 15.8. The van der Waals surface area contributed by atoms with Crippen LogP contribution in [-0.4, -0.2) is 35.1 Å². The fourth-order valence-corrected chi connectivity index (χ4v) is 3.76. The first-order valence-corrected chi connectivity index (χ1v) is 10.6. The van der Waals surface area contributed by atoms with E-state index in [9.17, 15) is 19.1 Å². The Bertz CT molecular complexity index is 1170. The molecular formula is C27H26FNO4. The summed E-state index contributed by atoms with van der Waals surface area (Å²) in [5.41, 5.74) is 5.84. The highest BCUT2D eigenvalue weighted by atomic mass is 19.1. The van der Waals surface area contributed by atoms with Crippen LogP contribution < -0.4 is 0 Å². The molecule has 5 nitrogen and oxygen atoms in total. The summed E-state index contributed by atoms with van der Waals surface area (Å²) in [6, 6.07) is 16.0. The summed E-state index contributed by atoms with van der Waals surface area (Å²) in [6.07, 6.45) is 1.57. The molecule has 1 heterocycles. The van der Waals surface area contributed by atoms with Crippen LogP contribution >= 0.6 is 0 Å². The molecule has 170 valence electrons. The number of aliphatic hydroxyl groups excluding tert-OH is 1. The molecule has 6 heteroatoms. The minimum Gasteiger partial charge on any atom is -0.469 e. The largest absolute Gasteiger partial charge is 0.469 e. The highest BCUT2D eigenvalue weighted by Gasteiger charge is 2.19. The van der Waals surface area contributed by atoms with E-state index in [1.165, 1.54) is 25.3 Å². The zero-order valence-electron chi connectivity index (χ0n) is 18.8. The molecule has 3 rings (SSSR count). The molecular weight excluding hydrogens is 421 g/mol. The van der Waals surface area contributed by atoms with Crippen molar-refractivity contribution in [3.8, 4) is 22.3 Å². The number of nitrogens with zero attached hydrogens (tertiary/aromatic N) is 1. The molecule has 0 fully saturated rings. The fraction of sp³-hybridized carbons (Fsp3) is 0.222. The lowest BCUT2D eigenvalue weighted by atomic mass is 9.88. The Morgan fingerprint density at radius 2 is 1.64 bits per heavy atom. The van der Waals surface area contributed by atoms with Crippen LogP contribution in [0.15, 0.2) is 60.7 Å². The number of carbonyl (C=O) groups excluding carboxylic acids is 2. The lowest BCUT2D eigenvalue weighted by Gasteiger charge is -2.18. The van der Waals surface area contributed by atoms with Gasteiger partial charge in [-0.3, -0.25) is 14.6 Å². The molecule has 3 aromatic rings. The maximum Gasteiger partial charge on any atom is 0.313 e. The predicted octanol–water partition coefficient (Wildman–Crippen LogP) is 5.07. The topological polar surface area (TPSA) is 76.5 Å². The number of ether oxygens (including phenoxy) is 1. The van der Waals surface area contributed by atoms with Crippen molar-refractivity contribution in [1.29, 1.82) is 0 Å². The van der Waals surface area contributed by atoms with Crippen LogP contribution in [0, 0.1) is 19.7 Å². The number of aromatic nitrogens is 1. The van der Waals surface area contributed by atoms with Crippen LogP contribution in [0.25, 0.3) is 28.3 Å². The minimum absolute atomic E-state index is 0.207. The predicted molar refractivity (Wildman–Crippen MR) is 126 cm³/mol. The van der Waals surface area contributed by atoms with E-state index in [4.69, 9.17) is 4.98 Å². The Balaban J connectivity index is 2.07. The van der Waals surface area contributed by atoms with Crippen molar-refractivity contribution in [3.63, 3.8) is 0 Å². The van der Waals surface area contributed by atoms with Gasteiger partial charge < -0.3 is 9.84 Å². The van der Waals surface area contributed by atoms with Crippen molar-refractivity contribution >= 4 is 17.8 Å². The molecule has 0 radical (unpaired) electrons. The number of carbonyl (C=O) groups is 2. The Morgan fingerprint density at radius 3 is 2.27 bits per heavy atom. The first-order valence-electron chi connectivity index (χ1n) is 10.6. The SMILES string of the molecule is COC(=O)CC(=O)CC(O)/C=C/c1c(C)nc(C)c(-c2ccccc2)c1-c1ccc(F)cc1. The molecule has 0 saturated heterocycles. The standard InChI is InChI=1S/C27H26FNO4/c1-17-24(14-13-22(30)15-23(31)16-25(32)33-3)27(20-9-11-21(28)12-10-20)26(18(2)29-17)19-7-5-4-6-8-19/h4-14,22,30H,15-16H2,1-3H3/b14-13+. The van der Waals surface area contributed by atoms with Gasteiger partial charge in [-0.15, -0.1) is 0 Å². The quantitative estimate of drug-likeness (QED) is 0.385. The second-order valence-electron chi connectivity index (χ2n) is 7.74. The Labute approximate surface area is 192 Å². The summed E-state index contributed by atoms with van der Waals surface area (Å²) in [6.45, 7) is 3.79. The van der Waals surface area contributed by atoms with Crippen molar-refractivity contribution in [2.75, 3.05) is 7.11 Å². The molecule has 0 saturated carbocycles. The molecule has 0 aliphatic carbocycles. The van der Waals surface area contributed by atoms with Crippen LogP contribution in [0.4, 0.5) is 4.39 Å². The van der Waals surface area contributed by atoms with Crippen LogP contribution in [-0.2, 0) is 14.3 Å². The van der Waals surface area contributed by atoms with Gasteiger partial charge in [0.2, 0.25) is 0 Å². The Hall–Kier alpha value is -3.64. The third-order valence-electron chi connectivity index (χ3n) is 5.29. The van der Waals surface area contributed by atoms with E-state index in [1.807, 2.05) is 44.2 Å². The fourth-order valence-electron chi connectivity index (χ4n) is 3.76. The molecule has 2 aromatic carbocycles. The normalized spacial score (nSPS) is 12.0. The number of pyridine rings is 1. The van der Waals surface area contributed by atoms with Gasteiger partial charge in [0.1, 0.15) is 18.0 Å². The molecule has 1 unspecified atom stereocenters. The van der Waals surface area contributed by atoms with Crippen molar-refractivity contribution in [2.45, 2.75) is 32.8 Å². The summed E-state index contributed by atoms with van der Waals surface area (Å²) < 4.78 is 18.1. The van der Waals surface area contributed by atoms with Gasteiger partial charge in [0, 0.05) is 34.5 Å². The highest BCUT2D eigenvalue weighted by Crippen LogP contribution is 2.38. The first kappa shape index (κ1) is 24.0. The van der Waals surface area contributed by atoms with Crippen molar-refractivity contribution < 1.29 is 23.8 Å². The van der Waals surface area contributed by atoms with Gasteiger partial charge in [0.15, 0.2) is 0 Å². The van der Waals surface area contributed by atoms with Gasteiger partial charge in [0.25, 0.3) is 0 Å². The van der Waals surface area contributed by atoms with Crippen LogP contribution in [0.2, 0.25) is 0 Å². The molecule has 0 aliphatic heterocycles. The molecule has 1 N–H and O–H groups in total. The number of hydrogen-bond donors (Lipinski definition) is 1. The summed E-state index contributed by atoms with van der Waals surface area (Å²) >= 11 is 0. The maximum atomic E-state index is 13.7. The molecule has 0 amide bonds. The van der Waals surface area contributed by atoms with Crippen molar-refractivity contribution in [1.82, 2.24) is 4.98 Å². The van der Waals surface area contributed by atoms with Crippen molar-refractivity contribution in [3.05, 3.63) is 83.4 Å². The molecule has 1 aromatic heterocycles. The lowest BCUT2D eigenvalue weighted by molar-refractivity contribution is -0.143.